The van der Waals surface area contributed by atoms with E-state index in [0.29, 0.717) is 5.56 Å². The first-order valence-electron chi connectivity index (χ1n) is 8.68. The van der Waals surface area contributed by atoms with Gasteiger partial charge in [0.05, 0.1) is 0 Å². The van der Waals surface area contributed by atoms with E-state index in [1.54, 1.807) is 12.1 Å². The third-order valence-electron chi connectivity index (χ3n) is 6.26. The van der Waals surface area contributed by atoms with Crippen LogP contribution in [0.2, 0.25) is 0 Å². The highest BCUT2D eigenvalue weighted by Crippen LogP contribution is 2.60. The van der Waals surface area contributed by atoms with E-state index in [2.05, 4.69) is 17.5 Å². The predicted octanol–water partition coefficient (Wildman–Crippen LogP) is 3.71. The number of rotatable bonds is 3. The quantitative estimate of drug-likeness (QED) is 0.660. The lowest BCUT2D eigenvalue weighted by Crippen LogP contribution is -2.49. The molecule has 4 aliphatic carbocycles. The van der Waals surface area contributed by atoms with Crippen LogP contribution in [0.5, 0.6) is 5.75 Å². The molecule has 4 heteroatoms. The van der Waals surface area contributed by atoms with E-state index < -0.39 is 0 Å². The molecule has 0 saturated heterocycles. The number of carbonyl (C=O) groups is 1. The molecule has 4 aliphatic rings. The Labute approximate surface area is 137 Å². The van der Waals surface area contributed by atoms with Crippen LogP contribution in [0.25, 0.3) is 0 Å². The minimum Gasteiger partial charge on any atom is -0.508 e. The maximum atomic E-state index is 12.2. The second kappa shape index (κ2) is 5.36. The Morgan fingerprint density at radius 2 is 1.61 bits per heavy atom. The number of benzene rings is 1. The number of phenols is 1. The Morgan fingerprint density at radius 1 is 1.09 bits per heavy atom. The van der Waals surface area contributed by atoms with Crippen LogP contribution < -0.4 is 5.43 Å². The van der Waals surface area contributed by atoms with Crippen LogP contribution in [0, 0.1) is 23.2 Å². The summed E-state index contributed by atoms with van der Waals surface area (Å²) in [5, 5.41) is 13.8. The Kier molecular flexibility index (Phi) is 3.43. The van der Waals surface area contributed by atoms with Crippen LogP contribution in [0.15, 0.2) is 29.4 Å². The van der Waals surface area contributed by atoms with Gasteiger partial charge in [0.25, 0.3) is 5.91 Å². The van der Waals surface area contributed by atoms with E-state index in [9.17, 15) is 9.90 Å². The van der Waals surface area contributed by atoms with E-state index in [4.69, 9.17) is 0 Å². The lowest BCUT2D eigenvalue weighted by molar-refractivity contribution is -0.0128. The van der Waals surface area contributed by atoms with Gasteiger partial charge in [0, 0.05) is 16.7 Å². The number of nitrogens with zero attached hydrogens (tertiary/aromatic N) is 1. The molecule has 0 radical (unpaired) electrons. The summed E-state index contributed by atoms with van der Waals surface area (Å²) in [4.78, 5) is 12.2. The van der Waals surface area contributed by atoms with Gasteiger partial charge >= 0.3 is 0 Å². The highest BCUT2D eigenvalue weighted by Gasteiger charge is 2.52. The summed E-state index contributed by atoms with van der Waals surface area (Å²) in [6.07, 6.45) is 7.99. The summed E-state index contributed by atoms with van der Waals surface area (Å²) in [6, 6.07) is 6.26. The second-order valence-electron chi connectivity index (χ2n) is 7.88. The van der Waals surface area contributed by atoms with Crippen molar-refractivity contribution in [1.29, 1.82) is 0 Å². The van der Waals surface area contributed by atoms with Gasteiger partial charge < -0.3 is 5.11 Å². The maximum Gasteiger partial charge on any atom is 0.271 e. The van der Waals surface area contributed by atoms with Crippen LogP contribution in [-0.2, 0) is 0 Å². The van der Waals surface area contributed by atoms with Crippen molar-refractivity contribution in [3.8, 4) is 5.75 Å². The van der Waals surface area contributed by atoms with E-state index in [1.807, 2.05) is 0 Å². The van der Waals surface area contributed by atoms with Crippen molar-refractivity contribution in [1.82, 2.24) is 5.43 Å². The van der Waals surface area contributed by atoms with Crippen LogP contribution in [0.3, 0.4) is 0 Å². The molecule has 1 aromatic rings. The SMILES string of the molecule is C/C(=N/NC(=O)c1ccc(O)cc1)C12CC3CC(CC(C3)C1)C2. The number of aromatic hydroxyl groups is 1. The van der Waals surface area contributed by atoms with E-state index >= 15 is 0 Å². The Morgan fingerprint density at radius 3 is 2.13 bits per heavy atom. The van der Waals surface area contributed by atoms with Crippen molar-refractivity contribution in [2.75, 3.05) is 0 Å². The van der Waals surface area contributed by atoms with Gasteiger partial charge in [-0.25, -0.2) is 5.43 Å². The summed E-state index contributed by atoms with van der Waals surface area (Å²) in [6.45, 7) is 2.09. The fraction of sp³-hybridized carbons (Fsp3) is 0.579. The van der Waals surface area contributed by atoms with Gasteiger partial charge in [-0.3, -0.25) is 4.79 Å². The van der Waals surface area contributed by atoms with Gasteiger partial charge in [0.15, 0.2) is 0 Å². The Hall–Kier alpha value is -1.84. The van der Waals surface area contributed by atoms with E-state index in [0.717, 1.165) is 23.5 Å². The monoisotopic (exact) mass is 312 g/mol. The van der Waals surface area contributed by atoms with Gasteiger partial charge in [0.2, 0.25) is 0 Å². The highest BCUT2D eigenvalue weighted by atomic mass is 16.3. The largest absolute Gasteiger partial charge is 0.508 e. The first-order chi connectivity index (χ1) is 11.0. The minimum absolute atomic E-state index is 0.162. The van der Waals surface area contributed by atoms with Crippen molar-refractivity contribution in [2.24, 2.45) is 28.3 Å². The van der Waals surface area contributed by atoms with Crippen molar-refractivity contribution in [3.63, 3.8) is 0 Å². The third kappa shape index (κ3) is 2.64. The molecule has 1 aromatic carbocycles. The molecule has 4 fully saturated rings. The molecule has 0 unspecified atom stereocenters. The molecule has 0 atom stereocenters. The summed E-state index contributed by atoms with van der Waals surface area (Å²) in [7, 11) is 0. The molecule has 4 bridgehead atoms. The molecule has 23 heavy (non-hydrogen) atoms. The minimum atomic E-state index is -0.214. The first-order valence-corrected chi connectivity index (χ1v) is 8.68. The van der Waals surface area contributed by atoms with Gasteiger partial charge in [-0.2, -0.15) is 5.10 Å². The van der Waals surface area contributed by atoms with Crippen LogP contribution in [0.1, 0.15) is 55.8 Å². The average Bonchev–Trinajstić information content (AvgIpc) is 2.51. The van der Waals surface area contributed by atoms with Crippen LogP contribution in [0.4, 0.5) is 0 Å². The summed E-state index contributed by atoms with van der Waals surface area (Å²) < 4.78 is 0. The Bertz CT molecular complexity index is 613. The molecule has 122 valence electrons. The summed E-state index contributed by atoms with van der Waals surface area (Å²) in [5.74, 6) is 2.57. The molecule has 0 spiro atoms. The fourth-order valence-corrected chi connectivity index (χ4v) is 5.48. The molecular formula is C19H24N2O2. The first kappa shape index (κ1) is 14.7. The zero-order valence-electron chi connectivity index (χ0n) is 13.6. The smallest absolute Gasteiger partial charge is 0.271 e. The van der Waals surface area contributed by atoms with Crippen LogP contribution >= 0.6 is 0 Å². The number of carbonyl (C=O) groups excluding carboxylic acids is 1. The number of hydrogen-bond donors (Lipinski definition) is 2. The summed E-state index contributed by atoms with van der Waals surface area (Å²) in [5.41, 5.74) is 4.56. The highest BCUT2D eigenvalue weighted by molar-refractivity contribution is 5.96. The van der Waals surface area contributed by atoms with Crippen molar-refractivity contribution < 1.29 is 9.90 Å². The lowest BCUT2D eigenvalue weighted by Gasteiger charge is -2.56. The molecule has 0 aliphatic heterocycles. The topological polar surface area (TPSA) is 61.7 Å². The van der Waals surface area contributed by atoms with Crippen molar-refractivity contribution in [2.45, 2.75) is 45.4 Å². The normalized spacial score (nSPS) is 35.3. The number of nitrogens with one attached hydrogen (secondary N) is 1. The van der Waals surface area contributed by atoms with Gasteiger partial charge in [0.1, 0.15) is 5.75 Å². The molecular weight excluding hydrogens is 288 g/mol. The van der Waals surface area contributed by atoms with E-state index in [-0.39, 0.29) is 17.1 Å². The molecule has 2 N–H and O–H groups in total. The predicted molar refractivity (Wildman–Crippen MR) is 89.3 cm³/mol. The molecule has 0 heterocycles. The van der Waals surface area contributed by atoms with E-state index in [1.165, 1.54) is 50.7 Å². The number of hydrazone groups is 1. The average molecular weight is 312 g/mol. The fourth-order valence-electron chi connectivity index (χ4n) is 5.48. The molecule has 1 amide bonds. The zero-order chi connectivity index (χ0) is 16.0. The molecule has 4 saturated carbocycles. The Balaban J connectivity index is 1.48. The number of phenolic OH excluding ortho intramolecular Hbond substituents is 1. The summed E-state index contributed by atoms with van der Waals surface area (Å²) >= 11 is 0. The van der Waals surface area contributed by atoms with Gasteiger partial charge in [-0.05, 0) is 87.5 Å². The molecule has 0 aromatic heterocycles. The van der Waals surface area contributed by atoms with Gasteiger partial charge in [-0.1, -0.05) is 0 Å². The number of hydrogen-bond acceptors (Lipinski definition) is 3. The van der Waals surface area contributed by atoms with Crippen LogP contribution in [-0.4, -0.2) is 16.7 Å². The van der Waals surface area contributed by atoms with Crippen molar-refractivity contribution in [3.05, 3.63) is 29.8 Å². The molecule has 5 rings (SSSR count). The van der Waals surface area contributed by atoms with Gasteiger partial charge in [-0.15, -0.1) is 0 Å². The molecule has 4 nitrogen and oxygen atoms in total. The lowest BCUT2D eigenvalue weighted by atomic mass is 9.48. The second-order valence-corrected chi connectivity index (χ2v) is 7.88. The maximum absolute atomic E-state index is 12.2. The van der Waals surface area contributed by atoms with Crippen molar-refractivity contribution >= 4 is 11.6 Å². The third-order valence-corrected chi connectivity index (χ3v) is 6.26. The zero-order valence-corrected chi connectivity index (χ0v) is 13.6. The number of amides is 1. The standard InChI is InChI=1S/C19H24N2O2/c1-12(20-21-18(23)16-2-4-17(22)5-3-16)19-9-13-6-14(10-19)8-15(7-13)11-19/h2-5,13-15,22H,6-11H2,1H3,(H,21,23)/b20-12-.